The summed E-state index contributed by atoms with van der Waals surface area (Å²) >= 11 is 2.45. The Hall–Kier alpha value is 0.620. The highest BCUT2D eigenvalue weighted by Gasteiger charge is 2.18. The monoisotopic (exact) mass is 258 g/mol. The highest BCUT2D eigenvalue weighted by Crippen LogP contribution is 2.26. The van der Waals surface area contributed by atoms with Gasteiger partial charge in [-0.15, -0.1) is 0 Å². The number of halogens is 2. The van der Waals surface area contributed by atoms with Crippen molar-refractivity contribution in [3.63, 3.8) is 0 Å². The van der Waals surface area contributed by atoms with E-state index in [1.807, 2.05) is 0 Å². The molecule has 10 heavy (non-hydrogen) atoms. The number of ether oxygens (including phenoxy) is 1. The molecule has 1 aliphatic carbocycles. The molecule has 1 fully saturated rings. The molecule has 0 bridgehead atoms. The van der Waals surface area contributed by atoms with Crippen LogP contribution in [0.5, 0.6) is 0 Å². The van der Waals surface area contributed by atoms with Crippen molar-refractivity contribution in [3.05, 3.63) is 0 Å². The van der Waals surface area contributed by atoms with E-state index in [1.54, 1.807) is 0 Å². The Morgan fingerprint density at radius 3 is 2.40 bits per heavy atom. The lowest BCUT2D eigenvalue weighted by Gasteiger charge is -2.23. The van der Waals surface area contributed by atoms with Crippen LogP contribution in [-0.2, 0) is 4.74 Å². The van der Waals surface area contributed by atoms with Gasteiger partial charge in [0.25, 0.3) is 0 Å². The molecule has 0 aromatic carbocycles. The molecule has 3 heteroatoms. The van der Waals surface area contributed by atoms with Crippen molar-refractivity contribution in [1.29, 1.82) is 0 Å². The maximum Gasteiger partial charge on any atom is 0.188 e. The van der Waals surface area contributed by atoms with Crippen LogP contribution in [0.2, 0.25) is 0 Å². The van der Waals surface area contributed by atoms with E-state index in [0.29, 0.717) is 0 Å². The summed E-state index contributed by atoms with van der Waals surface area (Å²) in [7, 11) is 0. The van der Waals surface area contributed by atoms with E-state index in [9.17, 15) is 4.39 Å². The lowest BCUT2D eigenvalue weighted by Crippen LogP contribution is -2.21. The SMILES string of the molecule is FCOC1CCC(I)CC1. The molecule has 0 aromatic rings. The third kappa shape index (κ3) is 2.70. The Morgan fingerprint density at radius 1 is 1.30 bits per heavy atom. The minimum atomic E-state index is -0.615. The van der Waals surface area contributed by atoms with Gasteiger partial charge in [-0.1, -0.05) is 22.6 Å². The van der Waals surface area contributed by atoms with Crippen molar-refractivity contribution < 1.29 is 9.13 Å². The molecule has 1 rings (SSSR count). The molecule has 60 valence electrons. The van der Waals surface area contributed by atoms with Gasteiger partial charge in [0.15, 0.2) is 6.86 Å². The zero-order valence-electron chi connectivity index (χ0n) is 5.85. The van der Waals surface area contributed by atoms with E-state index in [4.69, 9.17) is 4.74 Å². The maximum atomic E-state index is 11.7. The lowest BCUT2D eigenvalue weighted by molar-refractivity contribution is -0.0204. The summed E-state index contributed by atoms with van der Waals surface area (Å²) in [6.45, 7) is -0.615. The maximum absolute atomic E-state index is 11.7. The summed E-state index contributed by atoms with van der Waals surface area (Å²) in [5, 5.41) is 0. The van der Waals surface area contributed by atoms with E-state index in [0.717, 1.165) is 16.8 Å². The molecule has 0 unspecified atom stereocenters. The molecule has 0 aliphatic heterocycles. The first-order valence-corrected chi connectivity index (χ1v) is 4.89. The van der Waals surface area contributed by atoms with Crippen molar-refractivity contribution in [1.82, 2.24) is 0 Å². The van der Waals surface area contributed by atoms with Gasteiger partial charge >= 0.3 is 0 Å². The summed E-state index contributed by atoms with van der Waals surface area (Å²) in [5.74, 6) is 0. The van der Waals surface area contributed by atoms with Crippen LogP contribution in [-0.4, -0.2) is 16.9 Å². The second kappa shape index (κ2) is 4.49. The van der Waals surface area contributed by atoms with Crippen molar-refractivity contribution in [3.8, 4) is 0 Å². The van der Waals surface area contributed by atoms with E-state index >= 15 is 0 Å². The molecular weight excluding hydrogens is 246 g/mol. The van der Waals surface area contributed by atoms with E-state index in [-0.39, 0.29) is 6.10 Å². The number of hydrogen-bond acceptors (Lipinski definition) is 1. The zero-order valence-corrected chi connectivity index (χ0v) is 8.01. The Bertz CT molecular complexity index is 91.6. The minimum absolute atomic E-state index is 0.205. The Kier molecular flexibility index (Phi) is 3.91. The highest BCUT2D eigenvalue weighted by atomic mass is 127. The van der Waals surface area contributed by atoms with Gasteiger partial charge in [-0.25, -0.2) is 4.39 Å². The van der Waals surface area contributed by atoms with E-state index in [2.05, 4.69) is 22.6 Å². The van der Waals surface area contributed by atoms with E-state index < -0.39 is 6.86 Å². The van der Waals surface area contributed by atoms with Gasteiger partial charge in [0.1, 0.15) is 0 Å². The second-order valence-electron chi connectivity index (χ2n) is 2.65. The summed E-state index contributed by atoms with van der Waals surface area (Å²) in [5.41, 5.74) is 0. The first-order valence-electron chi connectivity index (χ1n) is 3.64. The van der Waals surface area contributed by atoms with Gasteiger partial charge < -0.3 is 4.74 Å². The largest absolute Gasteiger partial charge is 0.347 e. The molecular formula is C7H12FIO. The Labute approximate surface area is 74.5 Å². The average Bonchev–Trinajstić information content (AvgIpc) is 1.95. The molecule has 0 heterocycles. The molecule has 1 aliphatic rings. The van der Waals surface area contributed by atoms with Gasteiger partial charge in [0.05, 0.1) is 6.10 Å². The smallest absolute Gasteiger partial charge is 0.188 e. The van der Waals surface area contributed by atoms with Crippen LogP contribution >= 0.6 is 22.6 Å². The van der Waals surface area contributed by atoms with Gasteiger partial charge in [0, 0.05) is 3.92 Å². The summed E-state index contributed by atoms with van der Waals surface area (Å²) in [4.78, 5) is 0. The van der Waals surface area contributed by atoms with E-state index in [1.165, 1.54) is 12.8 Å². The van der Waals surface area contributed by atoms with Crippen molar-refractivity contribution >= 4 is 22.6 Å². The first kappa shape index (κ1) is 8.71. The molecule has 0 spiro atoms. The quantitative estimate of drug-likeness (QED) is 0.546. The second-order valence-corrected chi connectivity index (χ2v) is 4.41. The Morgan fingerprint density at radius 2 is 1.90 bits per heavy atom. The van der Waals surface area contributed by atoms with Gasteiger partial charge in [-0.05, 0) is 25.7 Å². The van der Waals surface area contributed by atoms with Crippen LogP contribution in [0.4, 0.5) is 4.39 Å². The predicted molar refractivity (Wildman–Crippen MR) is 47.1 cm³/mol. The highest BCUT2D eigenvalue weighted by molar-refractivity contribution is 14.1. The van der Waals surface area contributed by atoms with Crippen molar-refractivity contribution in [2.45, 2.75) is 35.7 Å². The molecule has 0 N–H and O–H groups in total. The van der Waals surface area contributed by atoms with Crippen molar-refractivity contribution in [2.75, 3.05) is 6.86 Å². The average molecular weight is 258 g/mol. The fourth-order valence-corrected chi connectivity index (χ4v) is 2.00. The fourth-order valence-electron chi connectivity index (χ4n) is 1.28. The summed E-state index contributed by atoms with van der Waals surface area (Å²) < 4.78 is 17.3. The molecule has 1 saturated carbocycles. The molecule has 0 saturated heterocycles. The summed E-state index contributed by atoms with van der Waals surface area (Å²) in [6, 6.07) is 0. The van der Waals surface area contributed by atoms with Crippen LogP contribution < -0.4 is 0 Å². The van der Waals surface area contributed by atoms with Crippen LogP contribution in [0.15, 0.2) is 0 Å². The number of hydrogen-bond donors (Lipinski definition) is 0. The van der Waals surface area contributed by atoms with Gasteiger partial charge in [-0.2, -0.15) is 0 Å². The van der Waals surface area contributed by atoms with Crippen LogP contribution in [0.3, 0.4) is 0 Å². The third-order valence-electron chi connectivity index (χ3n) is 1.90. The Balaban J connectivity index is 2.13. The normalized spacial score (nSPS) is 34.2. The molecule has 0 amide bonds. The van der Waals surface area contributed by atoms with Crippen LogP contribution in [0.1, 0.15) is 25.7 Å². The number of rotatable bonds is 2. The van der Waals surface area contributed by atoms with Gasteiger partial charge in [-0.3, -0.25) is 0 Å². The standard InChI is InChI=1S/C7H12FIO/c8-5-10-7-3-1-6(9)2-4-7/h6-7H,1-5H2. The fraction of sp³-hybridized carbons (Fsp3) is 1.00. The molecule has 1 nitrogen and oxygen atoms in total. The minimum Gasteiger partial charge on any atom is -0.347 e. The third-order valence-corrected chi connectivity index (χ3v) is 3.15. The molecule has 0 atom stereocenters. The lowest BCUT2D eigenvalue weighted by atomic mass is 9.98. The van der Waals surface area contributed by atoms with Crippen molar-refractivity contribution in [2.24, 2.45) is 0 Å². The summed E-state index contributed by atoms with van der Waals surface area (Å²) in [6.07, 6.45) is 4.65. The first-order chi connectivity index (χ1) is 4.83. The van der Waals surface area contributed by atoms with Crippen LogP contribution in [0, 0.1) is 0 Å². The predicted octanol–water partition coefficient (Wildman–Crippen LogP) is 2.68. The number of alkyl halides is 2. The van der Waals surface area contributed by atoms with Gasteiger partial charge in [0.2, 0.25) is 0 Å². The van der Waals surface area contributed by atoms with Crippen LogP contribution in [0.25, 0.3) is 0 Å². The molecule has 0 radical (unpaired) electrons. The topological polar surface area (TPSA) is 9.23 Å². The molecule has 0 aromatic heterocycles. The zero-order chi connectivity index (χ0) is 7.40.